The second-order valence-electron chi connectivity index (χ2n) is 7.05. The molecule has 3 aromatic rings. The third-order valence-corrected chi connectivity index (χ3v) is 5.69. The largest absolute Gasteiger partial charge is 0.326 e. The van der Waals surface area contributed by atoms with Crippen LogP contribution in [0.4, 0.5) is 21.9 Å². The molecule has 0 unspecified atom stereocenters. The standard InChI is InChI=1S/C23H22N4O2S/c1-16-4-2-5-19(14-16)25-21(28)15-17-7-9-18(10-8-17)26-23(29)27-12-13-30-22-20(27)6-3-11-24-22/h2-11,14H,12-13,15H2,1H3,(H,25,28)(H,26,29). The van der Waals surface area contributed by atoms with E-state index in [4.69, 9.17) is 0 Å². The maximum absolute atomic E-state index is 12.7. The number of rotatable bonds is 4. The summed E-state index contributed by atoms with van der Waals surface area (Å²) in [6.07, 6.45) is 2.01. The number of anilines is 3. The van der Waals surface area contributed by atoms with E-state index in [1.54, 1.807) is 22.9 Å². The van der Waals surface area contributed by atoms with Crippen LogP contribution in [0.3, 0.4) is 0 Å². The fraction of sp³-hybridized carbons (Fsp3) is 0.174. The molecule has 2 heterocycles. The zero-order valence-electron chi connectivity index (χ0n) is 16.6. The average Bonchev–Trinajstić information content (AvgIpc) is 2.74. The second-order valence-corrected chi connectivity index (χ2v) is 8.13. The molecule has 7 heteroatoms. The van der Waals surface area contributed by atoms with Crippen LogP contribution in [0.5, 0.6) is 0 Å². The van der Waals surface area contributed by atoms with Crippen molar-refractivity contribution in [2.45, 2.75) is 18.4 Å². The third-order valence-electron chi connectivity index (χ3n) is 4.71. The summed E-state index contributed by atoms with van der Waals surface area (Å²) in [4.78, 5) is 31.1. The molecule has 0 aliphatic carbocycles. The number of aryl methyl sites for hydroxylation is 1. The van der Waals surface area contributed by atoms with Gasteiger partial charge in [0.2, 0.25) is 5.91 Å². The number of thioether (sulfide) groups is 1. The van der Waals surface area contributed by atoms with Crippen LogP contribution in [0.15, 0.2) is 71.9 Å². The summed E-state index contributed by atoms with van der Waals surface area (Å²) in [5.74, 6) is 0.735. The Bertz CT molecular complexity index is 1070. The van der Waals surface area contributed by atoms with Crippen LogP contribution >= 0.6 is 11.8 Å². The SMILES string of the molecule is Cc1cccc(NC(=O)Cc2ccc(NC(=O)N3CCSc4ncccc43)cc2)c1. The molecule has 2 aromatic carbocycles. The van der Waals surface area contributed by atoms with E-state index in [9.17, 15) is 9.59 Å². The monoisotopic (exact) mass is 418 g/mol. The Balaban J connectivity index is 1.36. The van der Waals surface area contributed by atoms with Crippen LogP contribution in [0.2, 0.25) is 0 Å². The quantitative estimate of drug-likeness (QED) is 0.643. The highest BCUT2D eigenvalue weighted by Crippen LogP contribution is 2.32. The molecular weight excluding hydrogens is 396 g/mol. The third kappa shape index (κ3) is 4.80. The van der Waals surface area contributed by atoms with Crippen molar-refractivity contribution in [1.29, 1.82) is 0 Å². The summed E-state index contributed by atoms with van der Waals surface area (Å²) >= 11 is 1.65. The number of aromatic nitrogens is 1. The zero-order chi connectivity index (χ0) is 20.9. The summed E-state index contributed by atoms with van der Waals surface area (Å²) < 4.78 is 0. The van der Waals surface area contributed by atoms with Crippen LogP contribution < -0.4 is 15.5 Å². The number of urea groups is 1. The van der Waals surface area contributed by atoms with Crippen LogP contribution in [0.1, 0.15) is 11.1 Å². The fourth-order valence-corrected chi connectivity index (χ4v) is 4.20. The molecule has 0 spiro atoms. The van der Waals surface area contributed by atoms with Gasteiger partial charge in [0.15, 0.2) is 0 Å². The summed E-state index contributed by atoms with van der Waals surface area (Å²) in [5, 5.41) is 6.71. The first kappa shape index (κ1) is 20.0. The number of hydrogen-bond donors (Lipinski definition) is 2. The first-order valence-electron chi connectivity index (χ1n) is 9.70. The van der Waals surface area contributed by atoms with Gasteiger partial charge in [0.25, 0.3) is 0 Å². The highest BCUT2D eigenvalue weighted by atomic mass is 32.2. The van der Waals surface area contributed by atoms with Gasteiger partial charge in [0, 0.05) is 29.9 Å². The van der Waals surface area contributed by atoms with Gasteiger partial charge in [-0.2, -0.15) is 0 Å². The lowest BCUT2D eigenvalue weighted by Gasteiger charge is -2.28. The summed E-state index contributed by atoms with van der Waals surface area (Å²) in [6, 6.07) is 18.6. The van der Waals surface area contributed by atoms with Crippen LogP contribution in [0, 0.1) is 6.92 Å². The lowest BCUT2D eigenvalue weighted by Crippen LogP contribution is -2.38. The van der Waals surface area contributed by atoms with E-state index in [0.717, 1.165) is 33.3 Å². The molecule has 6 nitrogen and oxygen atoms in total. The number of pyridine rings is 1. The van der Waals surface area contributed by atoms with Gasteiger partial charge in [-0.05, 0) is 54.4 Å². The van der Waals surface area contributed by atoms with E-state index in [-0.39, 0.29) is 18.4 Å². The van der Waals surface area contributed by atoms with Crippen molar-refractivity contribution in [2.24, 2.45) is 0 Å². The van der Waals surface area contributed by atoms with Gasteiger partial charge < -0.3 is 10.6 Å². The minimum atomic E-state index is -0.186. The molecule has 0 bridgehead atoms. The van der Waals surface area contributed by atoms with E-state index >= 15 is 0 Å². The molecule has 152 valence electrons. The molecule has 2 N–H and O–H groups in total. The molecule has 30 heavy (non-hydrogen) atoms. The number of fused-ring (bicyclic) bond motifs is 1. The van der Waals surface area contributed by atoms with Crippen molar-refractivity contribution >= 4 is 40.8 Å². The molecule has 0 radical (unpaired) electrons. The Kier molecular flexibility index (Phi) is 5.99. The highest BCUT2D eigenvalue weighted by molar-refractivity contribution is 7.99. The average molecular weight is 419 g/mol. The minimum absolute atomic E-state index is 0.0766. The van der Waals surface area contributed by atoms with Gasteiger partial charge >= 0.3 is 6.03 Å². The number of nitrogens with one attached hydrogen (secondary N) is 2. The predicted octanol–water partition coefficient (Wildman–Crippen LogP) is 4.72. The van der Waals surface area contributed by atoms with E-state index in [1.165, 1.54) is 0 Å². The fourth-order valence-electron chi connectivity index (χ4n) is 3.27. The number of carbonyl (C=O) groups excluding carboxylic acids is 2. The maximum atomic E-state index is 12.7. The first-order valence-corrected chi connectivity index (χ1v) is 10.7. The Hall–Kier alpha value is -3.32. The van der Waals surface area contributed by atoms with Gasteiger partial charge in [0.05, 0.1) is 12.1 Å². The molecule has 0 saturated heterocycles. The number of benzene rings is 2. The Morgan fingerprint density at radius 2 is 1.87 bits per heavy atom. The number of carbonyl (C=O) groups is 2. The van der Waals surface area contributed by atoms with Gasteiger partial charge in [-0.15, -0.1) is 11.8 Å². The van der Waals surface area contributed by atoms with Crippen molar-refractivity contribution in [3.05, 3.63) is 78.0 Å². The Morgan fingerprint density at radius 3 is 2.67 bits per heavy atom. The topological polar surface area (TPSA) is 74.3 Å². The predicted molar refractivity (Wildman–Crippen MR) is 121 cm³/mol. The van der Waals surface area contributed by atoms with Crippen molar-refractivity contribution < 1.29 is 9.59 Å². The van der Waals surface area contributed by atoms with E-state index in [2.05, 4.69) is 15.6 Å². The first-order chi connectivity index (χ1) is 14.6. The van der Waals surface area contributed by atoms with Gasteiger partial charge in [-0.1, -0.05) is 24.3 Å². The molecule has 3 amide bonds. The molecular formula is C23H22N4O2S. The van der Waals surface area contributed by atoms with Crippen molar-refractivity contribution in [2.75, 3.05) is 27.8 Å². The molecule has 4 rings (SSSR count). The summed E-state index contributed by atoms with van der Waals surface area (Å²) in [6.45, 7) is 2.62. The van der Waals surface area contributed by atoms with Crippen molar-refractivity contribution in [3.8, 4) is 0 Å². The van der Waals surface area contributed by atoms with Gasteiger partial charge in [-0.25, -0.2) is 9.78 Å². The van der Waals surface area contributed by atoms with E-state index in [0.29, 0.717) is 12.2 Å². The smallest absolute Gasteiger partial charge is 0.326 e. The highest BCUT2D eigenvalue weighted by Gasteiger charge is 2.23. The van der Waals surface area contributed by atoms with E-state index < -0.39 is 0 Å². The minimum Gasteiger partial charge on any atom is -0.326 e. The molecule has 0 fully saturated rings. The van der Waals surface area contributed by atoms with E-state index in [1.807, 2.05) is 67.6 Å². The summed E-state index contributed by atoms with van der Waals surface area (Å²) in [7, 11) is 0. The molecule has 0 atom stereocenters. The molecule has 0 saturated carbocycles. The zero-order valence-corrected chi connectivity index (χ0v) is 17.4. The van der Waals surface area contributed by atoms with Crippen molar-refractivity contribution in [3.63, 3.8) is 0 Å². The second kappa shape index (κ2) is 9.00. The molecule has 1 aliphatic heterocycles. The Labute approximate surface area is 179 Å². The summed E-state index contributed by atoms with van der Waals surface area (Å²) in [5.41, 5.74) is 4.28. The number of hydrogen-bond acceptors (Lipinski definition) is 4. The molecule has 1 aromatic heterocycles. The van der Waals surface area contributed by atoms with Gasteiger partial charge in [0.1, 0.15) is 5.03 Å². The number of amides is 3. The van der Waals surface area contributed by atoms with Crippen molar-refractivity contribution in [1.82, 2.24) is 4.98 Å². The maximum Gasteiger partial charge on any atom is 0.326 e. The van der Waals surface area contributed by atoms with Crippen LogP contribution in [0.25, 0.3) is 0 Å². The van der Waals surface area contributed by atoms with Crippen LogP contribution in [-0.2, 0) is 11.2 Å². The Morgan fingerprint density at radius 1 is 1.03 bits per heavy atom. The van der Waals surface area contributed by atoms with Crippen LogP contribution in [-0.4, -0.2) is 29.2 Å². The van der Waals surface area contributed by atoms with Gasteiger partial charge in [-0.3, -0.25) is 9.69 Å². The lowest BCUT2D eigenvalue weighted by atomic mass is 10.1. The normalized spacial score (nSPS) is 12.8. The number of nitrogens with zero attached hydrogens (tertiary/aromatic N) is 2. The molecule has 1 aliphatic rings. The lowest BCUT2D eigenvalue weighted by molar-refractivity contribution is -0.115.